The van der Waals surface area contributed by atoms with Gasteiger partial charge in [-0.25, -0.2) is 0 Å². The minimum Gasteiger partial charge on any atom is -0.393 e. The molecule has 4 aliphatic carbocycles. The number of ketones is 1. The maximum Gasteiger partial charge on any atom is 0.155 e. The third-order valence-electron chi connectivity index (χ3n) is 7.91. The second kappa shape index (κ2) is 4.44. The molecule has 1 N–H and O–H groups in total. The van der Waals surface area contributed by atoms with E-state index in [0.717, 1.165) is 37.5 Å². The number of aliphatic hydroxyl groups excluding tert-OH is 1. The molecule has 0 heterocycles. The Hall–Kier alpha value is -0.630. The first-order valence-electron chi connectivity index (χ1n) is 8.87. The average molecular weight is 288 g/mol. The van der Waals surface area contributed by atoms with Crippen molar-refractivity contribution in [3.05, 3.63) is 11.6 Å². The van der Waals surface area contributed by atoms with Crippen molar-refractivity contribution in [3.8, 4) is 0 Å². The van der Waals surface area contributed by atoms with Gasteiger partial charge in [0.25, 0.3) is 0 Å². The van der Waals surface area contributed by atoms with Crippen LogP contribution >= 0.6 is 0 Å². The van der Waals surface area contributed by atoms with Gasteiger partial charge in [-0.3, -0.25) is 4.79 Å². The maximum atomic E-state index is 11.8. The molecule has 3 saturated carbocycles. The van der Waals surface area contributed by atoms with Crippen molar-refractivity contribution in [1.29, 1.82) is 0 Å². The summed E-state index contributed by atoms with van der Waals surface area (Å²) in [4.78, 5) is 11.8. The van der Waals surface area contributed by atoms with Crippen molar-refractivity contribution in [2.24, 2.45) is 28.6 Å². The van der Waals surface area contributed by atoms with E-state index in [-0.39, 0.29) is 16.9 Å². The van der Waals surface area contributed by atoms with E-state index in [1.165, 1.54) is 31.3 Å². The minimum atomic E-state index is -0.0823. The number of rotatable bonds is 0. The summed E-state index contributed by atoms with van der Waals surface area (Å²) in [6.07, 6.45) is 10.7. The van der Waals surface area contributed by atoms with Crippen molar-refractivity contribution in [2.75, 3.05) is 0 Å². The van der Waals surface area contributed by atoms with Gasteiger partial charge in [0.2, 0.25) is 0 Å². The van der Waals surface area contributed by atoms with Crippen molar-refractivity contribution in [1.82, 2.24) is 0 Å². The first-order chi connectivity index (χ1) is 9.95. The first kappa shape index (κ1) is 14.0. The molecule has 0 radical (unpaired) electrons. The summed E-state index contributed by atoms with van der Waals surface area (Å²) in [7, 11) is 0. The van der Waals surface area contributed by atoms with Crippen LogP contribution in [0.5, 0.6) is 0 Å². The fourth-order valence-corrected chi connectivity index (χ4v) is 6.53. The molecule has 0 spiro atoms. The summed E-state index contributed by atoms with van der Waals surface area (Å²) < 4.78 is 0. The van der Waals surface area contributed by atoms with Gasteiger partial charge in [-0.1, -0.05) is 19.4 Å². The van der Waals surface area contributed by atoms with Gasteiger partial charge in [-0.2, -0.15) is 0 Å². The molecular weight excluding hydrogens is 260 g/mol. The van der Waals surface area contributed by atoms with Gasteiger partial charge in [-0.05, 0) is 79.6 Å². The molecule has 6 atom stereocenters. The van der Waals surface area contributed by atoms with E-state index in [1.54, 1.807) is 0 Å². The Kier molecular flexibility index (Phi) is 2.96. The summed E-state index contributed by atoms with van der Waals surface area (Å²) in [5.74, 6) is 2.57. The molecule has 21 heavy (non-hydrogen) atoms. The van der Waals surface area contributed by atoms with Crippen LogP contribution in [-0.4, -0.2) is 17.0 Å². The number of aliphatic hydroxyl groups is 1. The van der Waals surface area contributed by atoms with Gasteiger partial charge in [-0.15, -0.1) is 0 Å². The van der Waals surface area contributed by atoms with Gasteiger partial charge in [0.15, 0.2) is 5.78 Å². The van der Waals surface area contributed by atoms with Crippen molar-refractivity contribution in [2.45, 2.75) is 71.3 Å². The van der Waals surface area contributed by atoms with Gasteiger partial charge >= 0.3 is 0 Å². The molecular formula is C19H28O2. The monoisotopic (exact) mass is 288 g/mol. The summed E-state index contributed by atoms with van der Waals surface area (Å²) >= 11 is 0. The minimum absolute atomic E-state index is 0.0823. The van der Waals surface area contributed by atoms with E-state index in [1.807, 2.05) is 6.08 Å². The van der Waals surface area contributed by atoms with Crippen LogP contribution in [0.1, 0.15) is 65.2 Å². The highest BCUT2D eigenvalue weighted by Gasteiger charge is 2.58. The Bertz CT molecular complexity index is 508. The van der Waals surface area contributed by atoms with Crippen LogP contribution in [0.15, 0.2) is 11.6 Å². The number of hydrogen-bond donors (Lipinski definition) is 1. The second-order valence-corrected chi connectivity index (χ2v) is 8.61. The molecule has 3 fully saturated rings. The van der Waals surface area contributed by atoms with Crippen molar-refractivity contribution in [3.63, 3.8) is 0 Å². The molecule has 2 nitrogen and oxygen atoms in total. The lowest BCUT2D eigenvalue weighted by Crippen LogP contribution is -2.51. The zero-order valence-corrected chi connectivity index (χ0v) is 13.4. The lowest BCUT2D eigenvalue weighted by molar-refractivity contribution is -0.118. The molecule has 0 aliphatic heterocycles. The lowest BCUT2D eigenvalue weighted by atomic mass is 9.47. The standard InChI is InChI=1S/C19H28O2/c1-18-9-7-13(20)11-12(18)3-4-14-15-5-6-17(21)19(15,2)10-8-16(14)18/h11,14-17,21H,3-10H2,1-2H3/t14-,15+,16-,17+,18-,19-/m0/s1. The normalized spacial score (nSPS) is 52.7. The third-order valence-corrected chi connectivity index (χ3v) is 7.91. The smallest absolute Gasteiger partial charge is 0.155 e. The van der Waals surface area contributed by atoms with E-state index in [2.05, 4.69) is 13.8 Å². The first-order valence-corrected chi connectivity index (χ1v) is 8.87. The molecule has 0 aromatic carbocycles. The highest BCUT2D eigenvalue weighted by Crippen LogP contribution is 2.65. The van der Waals surface area contributed by atoms with E-state index < -0.39 is 0 Å². The Morgan fingerprint density at radius 1 is 1.05 bits per heavy atom. The summed E-state index contributed by atoms with van der Waals surface area (Å²) in [5, 5.41) is 10.4. The van der Waals surface area contributed by atoms with Gasteiger partial charge in [0, 0.05) is 6.42 Å². The van der Waals surface area contributed by atoms with E-state index in [9.17, 15) is 9.90 Å². The fraction of sp³-hybridized carbons (Fsp3) is 0.842. The third kappa shape index (κ3) is 1.78. The summed E-state index contributed by atoms with van der Waals surface area (Å²) in [6.45, 7) is 4.76. The number of hydrogen-bond acceptors (Lipinski definition) is 2. The molecule has 116 valence electrons. The molecule has 2 heteroatoms. The van der Waals surface area contributed by atoms with Crippen LogP contribution in [0.2, 0.25) is 0 Å². The topological polar surface area (TPSA) is 37.3 Å². The Morgan fingerprint density at radius 2 is 1.86 bits per heavy atom. The molecule has 4 rings (SSSR count). The molecule has 0 amide bonds. The van der Waals surface area contributed by atoms with Crippen molar-refractivity contribution >= 4 is 5.78 Å². The maximum absolute atomic E-state index is 11.8. The molecule has 0 bridgehead atoms. The van der Waals surface area contributed by atoms with Crippen LogP contribution in [0.3, 0.4) is 0 Å². The lowest BCUT2D eigenvalue weighted by Gasteiger charge is -2.57. The van der Waals surface area contributed by atoms with E-state index in [0.29, 0.717) is 11.7 Å². The summed E-state index contributed by atoms with van der Waals surface area (Å²) in [6, 6.07) is 0. The van der Waals surface area contributed by atoms with Crippen LogP contribution < -0.4 is 0 Å². The largest absolute Gasteiger partial charge is 0.393 e. The van der Waals surface area contributed by atoms with Gasteiger partial charge in [0.1, 0.15) is 0 Å². The average Bonchev–Trinajstić information content (AvgIpc) is 2.76. The number of carbonyl (C=O) groups excluding carboxylic acids is 1. The van der Waals surface area contributed by atoms with E-state index in [4.69, 9.17) is 0 Å². The second-order valence-electron chi connectivity index (χ2n) is 8.61. The Morgan fingerprint density at radius 3 is 2.67 bits per heavy atom. The van der Waals surface area contributed by atoms with E-state index >= 15 is 0 Å². The quantitative estimate of drug-likeness (QED) is 0.734. The number of carbonyl (C=O) groups is 1. The van der Waals surface area contributed by atoms with Crippen LogP contribution in [0.4, 0.5) is 0 Å². The highest BCUT2D eigenvalue weighted by molar-refractivity contribution is 5.91. The Balaban J connectivity index is 1.69. The predicted molar refractivity (Wildman–Crippen MR) is 82.7 cm³/mol. The number of allylic oxidation sites excluding steroid dienone is 1. The molecule has 0 aromatic rings. The predicted octanol–water partition coefficient (Wildman–Crippen LogP) is 3.88. The van der Waals surface area contributed by atoms with Gasteiger partial charge in [0.05, 0.1) is 6.10 Å². The zero-order valence-electron chi connectivity index (χ0n) is 13.4. The van der Waals surface area contributed by atoms with Crippen LogP contribution in [-0.2, 0) is 4.79 Å². The number of fused-ring (bicyclic) bond motifs is 5. The zero-order chi connectivity index (χ0) is 14.8. The fourth-order valence-electron chi connectivity index (χ4n) is 6.53. The summed E-state index contributed by atoms with van der Waals surface area (Å²) in [5.41, 5.74) is 1.89. The molecule has 0 aromatic heterocycles. The van der Waals surface area contributed by atoms with Crippen LogP contribution in [0, 0.1) is 28.6 Å². The SMILES string of the molecule is C[C@]12CC[C@H]3[C@@H](CCC4=CC(=O)CC[C@@]43C)[C@H]1CC[C@H]2O. The molecule has 0 saturated heterocycles. The highest BCUT2D eigenvalue weighted by atomic mass is 16.3. The Labute approximate surface area is 128 Å². The van der Waals surface area contributed by atoms with Crippen LogP contribution in [0.25, 0.3) is 0 Å². The molecule has 4 aliphatic rings. The molecule has 0 unspecified atom stereocenters. The van der Waals surface area contributed by atoms with Gasteiger partial charge < -0.3 is 5.11 Å². The van der Waals surface area contributed by atoms with Crippen molar-refractivity contribution < 1.29 is 9.90 Å².